The Morgan fingerprint density at radius 1 is 0.923 bits per heavy atom. The molecule has 0 aliphatic carbocycles. The molecule has 3 aromatic carbocycles. The number of alkyl halides is 2. The van der Waals surface area contributed by atoms with Gasteiger partial charge in [0.25, 0.3) is 0 Å². The van der Waals surface area contributed by atoms with E-state index in [2.05, 4.69) is 10.0 Å². The number of rotatable bonds is 13. The second kappa shape index (κ2) is 13.1. The van der Waals surface area contributed by atoms with Gasteiger partial charge in [-0.15, -0.1) is 0 Å². The Morgan fingerprint density at radius 3 is 2.13 bits per heavy atom. The van der Waals surface area contributed by atoms with Gasteiger partial charge in [-0.05, 0) is 61.1 Å². The molecule has 8 nitrogen and oxygen atoms in total. The lowest BCUT2D eigenvalue weighted by Gasteiger charge is -2.20. The first-order valence-electron chi connectivity index (χ1n) is 11.9. The molecule has 0 saturated carbocycles. The number of nitrogens with one attached hydrogen (secondary N) is 2. The molecule has 3 aromatic rings. The summed E-state index contributed by atoms with van der Waals surface area (Å²) in [5, 5.41) is 3.04. The number of carbonyl (C=O) groups is 1. The molecule has 13 heteroatoms. The normalized spacial score (nSPS) is 13.2. The Labute approximate surface area is 230 Å². The zero-order chi connectivity index (χ0) is 28.7. The van der Waals surface area contributed by atoms with Gasteiger partial charge in [-0.25, -0.2) is 8.42 Å². The van der Waals surface area contributed by atoms with Crippen LogP contribution < -0.4 is 10.0 Å². The fourth-order valence-corrected chi connectivity index (χ4v) is 5.54. The summed E-state index contributed by atoms with van der Waals surface area (Å²) >= 11 is 5.84. The van der Waals surface area contributed by atoms with Crippen LogP contribution in [-0.4, -0.2) is 36.7 Å². The van der Waals surface area contributed by atoms with Crippen LogP contribution in [0.2, 0.25) is 5.02 Å². The Hall–Kier alpha value is -2.66. The smallest absolute Gasteiger partial charge is 0.355 e. The van der Waals surface area contributed by atoms with Crippen LogP contribution in [0.4, 0.5) is 8.78 Å². The average Bonchev–Trinajstić information content (AvgIpc) is 2.88. The SMILES string of the molecule is O=C(NCCCCc1ccccc1)[C@H](Cc1ccc(C(F)(F)P(=O)(O)O)cc1)NS(=O)(=O)c1ccc(Cl)cc1. The molecule has 0 fully saturated rings. The van der Waals surface area contributed by atoms with E-state index in [1.807, 2.05) is 30.3 Å². The van der Waals surface area contributed by atoms with E-state index in [-0.39, 0.29) is 17.9 Å². The number of unbranched alkanes of at least 4 members (excludes halogenated alkanes) is 1. The monoisotopic (exact) mass is 600 g/mol. The van der Waals surface area contributed by atoms with Gasteiger partial charge in [0, 0.05) is 17.1 Å². The maximum absolute atomic E-state index is 14.0. The summed E-state index contributed by atoms with van der Waals surface area (Å²) in [6.07, 6.45) is 2.05. The molecule has 39 heavy (non-hydrogen) atoms. The van der Waals surface area contributed by atoms with Crippen molar-refractivity contribution in [2.24, 2.45) is 0 Å². The van der Waals surface area contributed by atoms with Gasteiger partial charge in [0.1, 0.15) is 6.04 Å². The van der Waals surface area contributed by atoms with Crippen LogP contribution in [0, 0.1) is 0 Å². The van der Waals surface area contributed by atoms with Gasteiger partial charge >= 0.3 is 13.3 Å². The second-order valence-corrected chi connectivity index (χ2v) is 12.6. The number of amides is 1. The fourth-order valence-electron chi connectivity index (χ4n) is 3.74. The van der Waals surface area contributed by atoms with Crippen LogP contribution in [0.5, 0.6) is 0 Å². The molecule has 1 amide bonds. The lowest BCUT2D eigenvalue weighted by molar-refractivity contribution is -0.122. The molecule has 0 unspecified atom stereocenters. The van der Waals surface area contributed by atoms with Gasteiger partial charge in [0.05, 0.1) is 4.90 Å². The van der Waals surface area contributed by atoms with Gasteiger partial charge in [-0.3, -0.25) is 9.36 Å². The predicted molar refractivity (Wildman–Crippen MR) is 144 cm³/mol. The third-order valence-corrected chi connectivity index (χ3v) is 8.61. The van der Waals surface area contributed by atoms with Crippen LogP contribution >= 0.6 is 19.2 Å². The minimum atomic E-state index is -5.75. The molecule has 3 rings (SSSR count). The highest BCUT2D eigenvalue weighted by atomic mass is 35.5. The van der Waals surface area contributed by atoms with Crippen LogP contribution in [0.3, 0.4) is 0 Å². The number of benzene rings is 3. The summed E-state index contributed by atoms with van der Waals surface area (Å²) in [7, 11) is -9.91. The van der Waals surface area contributed by atoms with Gasteiger partial charge in [0.2, 0.25) is 15.9 Å². The second-order valence-electron chi connectivity index (χ2n) is 8.85. The molecule has 0 saturated heterocycles. The van der Waals surface area contributed by atoms with E-state index in [9.17, 15) is 26.6 Å². The van der Waals surface area contributed by atoms with Gasteiger partial charge in [-0.2, -0.15) is 13.5 Å². The molecule has 0 aliphatic rings. The van der Waals surface area contributed by atoms with Crippen LogP contribution in [0.1, 0.15) is 29.5 Å². The molecule has 0 aromatic heterocycles. The summed E-state index contributed by atoms with van der Waals surface area (Å²) in [5.41, 5.74) is -3.84. The molecule has 1 atom stereocenters. The molecule has 210 valence electrons. The van der Waals surface area contributed by atoms with Crippen molar-refractivity contribution in [1.82, 2.24) is 10.0 Å². The minimum absolute atomic E-state index is 0.121. The van der Waals surface area contributed by atoms with Crippen molar-refractivity contribution in [1.29, 1.82) is 0 Å². The first-order valence-corrected chi connectivity index (χ1v) is 15.4. The molecule has 4 N–H and O–H groups in total. The summed E-state index contributed by atoms with van der Waals surface area (Å²) in [6.45, 7) is 0.290. The van der Waals surface area contributed by atoms with Crippen LogP contribution in [0.25, 0.3) is 0 Å². The minimum Gasteiger partial charge on any atom is -0.355 e. The molecule has 0 aliphatic heterocycles. The molecule has 0 spiro atoms. The predicted octanol–water partition coefficient (Wildman–Crippen LogP) is 4.60. The Morgan fingerprint density at radius 2 is 1.54 bits per heavy atom. The number of halogens is 3. The summed E-state index contributed by atoms with van der Waals surface area (Å²) < 4.78 is 67.4. The van der Waals surface area contributed by atoms with Crippen molar-refractivity contribution in [2.75, 3.05) is 6.54 Å². The third-order valence-electron chi connectivity index (χ3n) is 5.88. The molecule has 0 heterocycles. The Balaban J connectivity index is 1.72. The van der Waals surface area contributed by atoms with E-state index >= 15 is 0 Å². The molecule has 0 radical (unpaired) electrons. The van der Waals surface area contributed by atoms with Crippen molar-refractivity contribution in [2.45, 2.75) is 42.3 Å². The van der Waals surface area contributed by atoms with E-state index in [0.717, 1.165) is 42.7 Å². The van der Waals surface area contributed by atoms with E-state index < -0.39 is 40.8 Å². The number of carbonyl (C=O) groups excluding carboxylic acids is 1. The highest BCUT2D eigenvalue weighted by Gasteiger charge is 2.50. The Bertz CT molecular complexity index is 1400. The number of hydrogen-bond acceptors (Lipinski definition) is 4. The molecular weight excluding hydrogens is 573 g/mol. The largest absolute Gasteiger partial charge is 0.399 e. The van der Waals surface area contributed by atoms with E-state index in [1.165, 1.54) is 24.3 Å². The highest BCUT2D eigenvalue weighted by Crippen LogP contribution is 2.59. The average molecular weight is 601 g/mol. The number of hydrogen-bond donors (Lipinski definition) is 4. The zero-order valence-corrected chi connectivity index (χ0v) is 23.1. The maximum Gasteiger partial charge on any atom is 0.399 e. The quantitative estimate of drug-likeness (QED) is 0.167. The van der Waals surface area contributed by atoms with Crippen molar-refractivity contribution in [3.05, 3.63) is 101 Å². The van der Waals surface area contributed by atoms with E-state index in [4.69, 9.17) is 21.4 Å². The third kappa shape index (κ3) is 8.66. The highest BCUT2D eigenvalue weighted by molar-refractivity contribution is 7.89. The van der Waals surface area contributed by atoms with Gasteiger partial charge in [0.15, 0.2) is 0 Å². The van der Waals surface area contributed by atoms with Gasteiger partial charge in [-0.1, -0.05) is 66.2 Å². The first-order chi connectivity index (χ1) is 18.3. The van der Waals surface area contributed by atoms with E-state index in [0.29, 0.717) is 17.0 Å². The van der Waals surface area contributed by atoms with E-state index in [1.54, 1.807) is 0 Å². The van der Waals surface area contributed by atoms with Crippen molar-refractivity contribution in [3.8, 4) is 0 Å². The summed E-state index contributed by atoms with van der Waals surface area (Å²) in [4.78, 5) is 30.8. The van der Waals surface area contributed by atoms with Crippen molar-refractivity contribution >= 4 is 35.1 Å². The summed E-state index contributed by atoms with van der Waals surface area (Å²) in [6, 6.07) is 17.8. The maximum atomic E-state index is 14.0. The van der Waals surface area contributed by atoms with Crippen LogP contribution in [-0.2, 0) is 37.9 Å². The number of aryl methyl sites for hydroxylation is 1. The lowest BCUT2D eigenvalue weighted by Crippen LogP contribution is -2.48. The fraction of sp³-hybridized carbons (Fsp3) is 0.269. The topological polar surface area (TPSA) is 133 Å². The first kappa shape index (κ1) is 30.9. The summed E-state index contributed by atoms with van der Waals surface area (Å²) in [5.74, 6) is -0.614. The number of sulfonamides is 1. The van der Waals surface area contributed by atoms with Gasteiger partial charge < -0.3 is 15.1 Å². The molecular formula is C26H28ClF2N2O6PS. The lowest BCUT2D eigenvalue weighted by atomic mass is 10.0. The van der Waals surface area contributed by atoms with Crippen molar-refractivity contribution in [3.63, 3.8) is 0 Å². The standard InChI is InChI=1S/C26H28ClF2N2O6PS/c27-22-13-15-23(16-14-22)39(36,37)31-24(25(32)30-17-5-4-8-19-6-2-1-3-7-19)18-20-9-11-21(12-10-20)26(28,29)38(33,34)35/h1-3,6-7,9-16,24,31H,4-5,8,17-18H2,(H,30,32)(H2,33,34,35)/t24-/m0/s1. The van der Waals surface area contributed by atoms with Crippen LogP contribution in [0.15, 0.2) is 83.8 Å². The molecule has 0 bridgehead atoms. The zero-order valence-electron chi connectivity index (χ0n) is 20.6. The van der Waals surface area contributed by atoms with Crippen molar-refractivity contribution < 1.29 is 36.3 Å². The Kier molecular flexibility index (Phi) is 10.4.